The third-order valence-electron chi connectivity index (χ3n) is 6.03. The molecule has 0 aliphatic carbocycles. The Hall–Kier alpha value is -0.120. The molecule has 0 radical (unpaired) electrons. The van der Waals surface area contributed by atoms with Gasteiger partial charge in [-0.25, -0.2) is 10.0 Å². The van der Waals surface area contributed by atoms with Crippen LogP contribution in [0.2, 0.25) is 0 Å². The first-order valence-corrected chi connectivity index (χ1v) is 10.1. The molecule has 0 amide bonds. The van der Waals surface area contributed by atoms with Crippen molar-refractivity contribution in [1.82, 2.24) is 15.1 Å². The molecule has 0 N–H and O–H groups in total. The van der Waals surface area contributed by atoms with Crippen LogP contribution in [0.25, 0.3) is 0 Å². The maximum Gasteiger partial charge on any atom is 0.0452 e. The summed E-state index contributed by atoms with van der Waals surface area (Å²) in [7, 11) is 0. The zero-order chi connectivity index (χ0) is 15.4. The van der Waals surface area contributed by atoms with E-state index in [2.05, 4.69) is 29.0 Å². The summed E-state index contributed by atoms with van der Waals surface area (Å²) in [5, 5.41) is 8.32. The first-order chi connectivity index (χ1) is 10.8. The number of hydrogen-bond acceptors (Lipinski definition) is 3. The first kappa shape index (κ1) is 16.7. The molecule has 0 spiro atoms. The van der Waals surface area contributed by atoms with Gasteiger partial charge in [-0.05, 0) is 31.6 Å². The lowest BCUT2D eigenvalue weighted by molar-refractivity contribution is -0.139. The highest BCUT2D eigenvalue weighted by Crippen LogP contribution is 2.35. The highest BCUT2D eigenvalue weighted by atomic mass is 15.9. The average Bonchev–Trinajstić information content (AvgIpc) is 2.87. The van der Waals surface area contributed by atoms with Crippen LogP contribution in [0.15, 0.2) is 0 Å². The van der Waals surface area contributed by atoms with Crippen molar-refractivity contribution in [3.8, 4) is 0 Å². The van der Waals surface area contributed by atoms with Crippen LogP contribution in [0.5, 0.6) is 0 Å². The maximum absolute atomic E-state index is 2.81. The van der Waals surface area contributed by atoms with Gasteiger partial charge in [-0.3, -0.25) is 0 Å². The molecule has 0 aromatic heterocycles. The van der Waals surface area contributed by atoms with Gasteiger partial charge in [0, 0.05) is 31.7 Å². The van der Waals surface area contributed by atoms with Crippen LogP contribution in [0.4, 0.5) is 0 Å². The van der Waals surface area contributed by atoms with Gasteiger partial charge in [-0.2, -0.15) is 5.12 Å². The minimum Gasteiger partial charge on any atom is -0.223 e. The number of nitrogens with zero attached hydrogens (tertiary/aromatic N) is 3. The molecule has 2 unspecified atom stereocenters. The van der Waals surface area contributed by atoms with E-state index in [9.17, 15) is 0 Å². The molecule has 0 aromatic rings. The molecule has 3 aliphatic rings. The third kappa shape index (κ3) is 3.68. The lowest BCUT2D eigenvalue weighted by Crippen LogP contribution is -2.48. The Morgan fingerprint density at radius 1 is 0.636 bits per heavy atom. The van der Waals surface area contributed by atoms with E-state index in [-0.39, 0.29) is 0 Å². The van der Waals surface area contributed by atoms with Gasteiger partial charge in [0.15, 0.2) is 0 Å². The highest BCUT2D eigenvalue weighted by Gasteiger charge is 2.46. The molecule has 0 aromatic carbocycles. The summed E-state index contributed by atoms with van der Waals surface area (Å²) in [5.74, 6) is 0.763. The molecule has 0 saturated carbocycles. The van der Waals surface area contributed by atoms with Gasteiger partial charge in [0.2, 0.25) is 0 Å². The zero-order valence-corrected chi connectivity index (χ0v) is 15.0. The Morgan fingerprint density at radius 3 is 1.86 bits per heavy atom. The van der Waals surface area contributed by atoms with Crippen LogP contribution in [0.3, 0.4) is 0 Å². The largest absolute Gasteiger partial charge is 0.223 e. The molecule has 3 heteroatoms. The second-order valence-electron chi connectivity index (χ2n) is 8.05. The summed E-state index contributed by atoms with van der Waals surface area (Å²) in [6.45, 7) is 8.75. The van der Waals surface area contributed by atoms with E-state index in [1.807, 2.05) is 0 Å². The molecule has 2 atom stereocenters. The van der Waals surface area contributed by atoms with Gasteiger partial charge in [0.05, 0.1) is 0 Å². The SMILES string of the molecule is CC(C)C1C2CCCCCCCN2N2CCCCCCCN12. The van der Waals surface area contributed by atoms with Crippen LogP contribution < -0.4 is 0 Å². The minimum atomic E-state index is 0.746. The summed E-state index contributed by atoms with van der Waals surface area (Å²) in [6.07, 6.45) is 15.7. The van der Waals surface area contributed by atoms with E-state index in [4.69, 9.17) is 0 Å². The number of hydrogen-bond donors (Lipinski definition) is 0. The van der Waals surface area contributed by atoms with Gasteiger partial charge in [-0.1, -0.05) is 58.8 Å². The van der Waals surface area contributed by atoms with Crippen LogP contribution in [-0.4, -0.2) is 46.9 Å². The Morgan fingerprint density at radius 2 is 1.18 bits per heavy atom. The smallest absolute Gasteiger partial charge is 0.0452 e. The summed E-state index contributed by atoms with van der Waals surface area (Å²) in [6, 6.07) is 1.52. The fraction of sp³-hybridized carbons (Fsp3) is 1.00. The summed E-state index contributed by atoms with van der Waals surface area (Å²) >= 11 is 0. The lowest BCUT2D eigenvalue weighted by atomic mass is 9.92. The van der Waals surface area contributed by atoms with Crippen LogP contribution >= 0.6 is 0 Å². The predicted molar refractivity (Wildman–Crippen MR) is 93.3 cm³/mol. The third-order valence-corrected chi connectivity index (χ3v) is 6.03. The number of fused-ring (bicyclic) bond motifs is 3. The van der Waals surface area contributed by atoms with Crippen LogP contribution in [-0.2, 0) is 0 Å². The van der Waals surface area contributed by atoms with E-state index in [1.54, 1.807) is 0 Å². The fourth-order valence-corrected chi connectivity index (χ4v) is 4.97. The molecule has 3 aliphatic heterocycles. The molecular weight excluding hydrogens is 270 g/mol. The van der Waals surface area contributed by atoms with Crippen molar-refractivity contribution >= 4 is 0 Å². The van der Waals surface area contributed by atoms with E-state index < -0.39 is 0 Å². The fourth-order valence-electron chi connectivity index (χ4n) is 4.97. The van der Waals surface area contributed by atoms with Crippen LogP contribution in [0.1, 0.15) is 84.5 Å². The number of rotatable bonds is 1. The molecular formula is C19H37N3. The van der Waals surface area contributed by atoms with Crippen molar-refractivity contribution in [2.75, 3.05) is 19.6 Å². The Labute approximate surface area is 138 Å². The maximum atomic E-state index is 2.81. The van der Waals surface area contributed by atoms with Gasteiger partial charge in [0.25, 0.3) is 0 Å². The Balaban J connectivity index is 1.82. The van der Waals surface area contributed by atoms with E-state index in [0.29, 0.717) is 0 Å². The molecule has 0 bridgehead atoms. The second kappa shape index (κ2) is 8.12. The van der Waals surface area contributed by atoms with Gasteiger partial charge < -0.3 is 0 Å². The highest BCUT2D eigenvalue weighted by molar-refractivity contribution is 4.93. The number of hydrazine groups is 2. The van der Waals surface area contributed by atoms with Crippen molar-refractivity contribution in [3.05, 3.63) is 0 Å². The van der Waals surface area contributed by atoms with Crippen molar-refractivity contribution in [1.29, 1.82) is 0 Å². The quantitative estimate of drug-likeness (QED) is 0.709. The van der Waals surface area contributed by atoms with Crippen molar-refractivity contribution < 1.29 is 0 Å². The minimum absolute atomic E-state index is 0.746. The summed E-state index contributed by atoms with van der Waals surface area (Å²) < 4.78 is 0. The zero-order valence-electron chi connectivity index (χ0n) is 15.0. The standard InChI is InChI=1S/C19H37N3/c1-17(2)19-18-13-9-5-3-6-10-14-20(18)22-16-12-8-4-7-11-15-21(19)22/h17-19H,3-16H2,1-2H3. The first-order valence-electron chi connectivity index (χ1n) is 10.1. The molecule has 3 heterocycles. The average molecular weight is 308 g/mol. The van der Waals surface area contributed by atoms with E-state index >= 15 is 0 Å². The molecule has 3 fully saturated rings. The molecule has 22 heavy (non-hydrogen) atoms. The topological polar surface area (TPSA) is 9.72 Å². The van der Waals surface area contributed by atoms with Crippen molar-refractivity contribution in [2.24, 2.45) is 5.92 Å². The van der Waals surface area contributed by atoms with Gasteiger partial charge >= 0.3 is 0 Å². The Bertz CT molecular complexity index is 303. The molecule has 3 saturated heterocycles. The Kier molecular flexibility index (Phi) is 6.17. The summed E-state index contributed by atoms with van der Waals surface area (Å²) in [4.78, 5) is 0. The van der Waals surface area contributed by atoms with Gasteiger partial charge in [0.1, 0.15) is 0 Å². The van der Waals surface area contributed by atoms with Gasteiger partial charge in [-0.15, -0.1) is 0 Å². The van der Waals surface area contributed by atoms with E-state index in [1.165, 1.54) is 90.3 Å². The van der Waals surface area contributed by atoms with Crippen molar-refractivity contribution in [3.63, 3.8) is 0 Å². The second-order valence-corrected chi connectivity index (χ2v) is 8.05. The normalized spacial score (nSPS) is 34.0. The van der Waals surface area contributed by atoms with E-state index in [0.717, 1.165) is 18.0 Å². The molecule has 3 rings (SSSR count). The lowest BCUT2D eigenvalue weighted by Gasteiger charge is -2.35. The molecule has 3 nitrogen and oxygen atoms in total. The van der Waals surface area contributed by atoms with Crippen LogP contribution in [0, 0.1) is 5.92 Å². The summed E-state index contributed by atoms with van der Waals surface area (Å²) in [5.41, 5.74) is 0. The molecule has 128 valence electrons. The predicted octanol–water partition coefficient (Wildman–Crippen LogP) is 4.45. The monoisotopic (exact) mass is 307 g/mol. The van der Waals surface area contributed by atoms with Crippen molar-refractivity contribution in [2.45, 2.75) is 96.6 Å².